The molecule has 4 aromatic carbocycles. The predicted octanol–water partition coefficient (Wildman–Crippen LogP) is 6.38. The molecule has 0 heterocycles. The van der Waals surface area contributed by atoms with Crippen molar-refractivity contribution in [1.82, 2.24) is 5.32 Å². The van der Waals surface area contributed by atoms with Gasteiger partial charge in [-0.3, -0.25) is 4.79 Å². The van der Waals surface area contributed by atoms with Gasteiger partial charge in [-0.2, -0.15) is 0 Å². The molecule has 4 aromatic rings. The van der Waals surface area contributed by atoms with Crippen LogP contribution in [-0.2, 0) is 6.42 Å². The number of carbonyl (C=O) groups is 1. The maximum Gasteiger partial charge on any atom is 0.252 e. The van der Waals surface area contributed by atoms with Gasteiger partial charge in [0.25, 0.3) is 5.91 Å². The molecule has 1 amide bonds. The van der Waals surface area contributed by atoms with Gasteiger partial charge in [-0.25, -0.2) is 0 Å². The van der Waals surface area contributed by atoms with Crippen molar-refractivity contribution in [3.8, 4) is 11.1 Å². The van der Waals surface area contributed by atoms with Crippen molar-refractivity contribution < 1.29 is 54.0 Å². The van der Waals surface area contributed by atoms with Crippen molar-refractivity contribution in [3.63, 3.8) is 0 Å². The molecule has 2 unspecified atom stereocenters. The summed E-state index contributed by atoms with van der Waals surface area (Å²) in [4.78, 5) is 13.3. The third-order valence-corrected chi connectivity index (χ3v) is 6.25. The van der Waals surface area contributed by atoms with E-state index in [9.17, 15) is 9.90 Å². The smallest absolute Gasteiger partial charge is 0.252 e. The first-order valence-corrected chi connectivity index (χ1v) is 12.3. The molecular formula is C31H33AcN2O2-. The molecule has 0 fully saturated rings. The predicted molar refractivity (Wildman–Crippen MR) is 145 cm³/mol. The van der Waals surface area contributed by atoms with Crippen LogP contribution in [0.1, 0.15) is 36.2 Å². The molecule has 5 heteroatoms. The van der Waals surface area contributed by atoms with Gasteiger partial charge in [0, 0.05) is 49.6 Å². The second-order valence-corrected chi connectivity index (χ2v) is 9.23. The Labute approximate surface area is 250 Å². The molecule has 0 aliphatic carbocycles. The van der Waals surface area contributed by atoms with E-state index in [-0.39, 0.29) is 56.0 Å². The largest absolute Gasteiger partial charge is 0.660 e. The number of benzene rings is 4. The maximum atomic E-state index is 13.3. The zero-order valence-corrected chi connectivity index (χ0v) is 25.7. The quantitative estimate of drug-likeness (QED) is 0.203. The molecule has 1 radical (unpaired) electrons. The van der Waals surface area contributed by atoms with Crippen LogP contribution in [0.3, 0.4) is 0 Å². The Hall–Kier alpha value is -2.03. The van der Waals surface area contributed by atoms with Gasteiger partial charge in [0.2, 0.25) is 0 Å². The molecule has 0 aliphatic rings. The normalized spacial score (nSPS) is 12.7. The van der Waals surface area contributed by atoms with Crippen LogP contribution in [0.25, 0.3) is 27.2 Å². The standard InChI is InChI=1S/C31H33N2O2.Ac/c1-22(2)32-20-19-30(34)29(21-23-15-17-25(18-16-23)24-9-4-3-5-10-24)33-31(35)28-14-8-12-26-11-6-7-13-27(26)28;/h3-18,22,29-30,34H,19-21H2,1-2H3,(H,33,35);/q-1;. The maximum absolute atomic E-state index is 13.3. The Morgan fingerprint density at radius 1 is 0.833 bits per heavy atom. The number of amides is 1. The number of aliphatic hydroxyl groups excluding tert-OH is 1. The molecule has 2 atom stereocenters. The van der Waals surface area contributed by atoms with E-state index < -0.39 is 12.1 Å². The van der Waals surface area contributed by atoms with Crippen LogP contribution >= 0.6 is 0 Å². The summed E-state index contributed by atoms with van der Waals surface area (Å²) < 4.78 is 0. The van der Waals surface area contributed by atoms with Crippen LogP contribution in [0, 0.1) is 44.1 Å². The number of hydrogen-bond donors (Lipinski definition) is 2. The number of rotatable bonds is 10. The van der Waals surface area contributed by atoms with Gasteiger partial charge in [0.05, 0.1) is 12.1 Å². The van der Waals surface area contributed by atoms with E-state index in [0.717, 1.165) is 27.5 Å². The minimum atomic E-state index is -0.703. The zero-order valence-electron chi connectivity index (χ0n) is 21.0. The van der Waals surface area contributed by atoms with E-state index >= 15 is 0 Å². The summed E-state index contributed by atoms with van der Waals surface area (Å²) in [5.74, 6) is -0.174. The molecule has 4 rings (SSSR count). The molecule has 0 saturated heterocycles. The monoisotopic (exact) mass is 692 g/mol. The summed E-state index contributed by atoms with van der Waals surface area (Å²) in [6.07, 6.45) is 0.333. The summed E-state index contributed by atoms with van der Waals surface area (Å²) in [6.45, 7) is 4.62. The molecule has 2 N–H and O–H groups in total. The van der Waals surface area contributed by atoms with Crippen molar-refractivity contribution in [2.24, 2.45) is 0 Å². The first-order chi connectivity index (χ1) is 17.0. The average molecular weight is 693 g/mol. The second-order valence-electron chi connectivity index (χ2n) is 9.23. The van der Waals surface area contributed by atoms with Crippen LogP contribution in [-0.4, -0.2) is 35.7 Å². The number of nitrogens with one attached hydrogen (secondary N) is 1. The average Bonchev–Trinajstić information content (AvgIpc) is 2.88. The molecule has 0 aliphatic heterocycles. The van der Waals surface area contributed by atoms with E-state index in [0.29, 0.717) is 24.9 Å². The molecule has 36 heavy (non-hydrogen) atoms. The van der Waals surface area contributed by atoms with Gasteiger partial charge >= 0.3 is 0 Å². The van der Waals surface area contributed by atoms with Gasteiger partial charge in [-0.1, -0.05) is 105 Å². The fourth-order valence-electron chi connectivity index (χ4n) is 4.34. The Kier molecular flexibility index (Phi) is 11.1. The number of carbonyl (C=O) groups excluding carboxylic acids is 1. The third kappa shape index (κ3) is 7.73. The minimum absolute atomic E-state index is 0. The van der Waals surface area contributed by atoms with Gasteiger partial charge in [-0.15, -0.1) is 12.6 Å². The van der Waals surface area contributed by atoms with Crippen molar-refractivity contribution in [2.45, 2.75) is 44.9 Å². The van der Waals surface area contributed by atoms with Crippen LogP contribution in [0.2, 0.25) is 0 Å². The van der Waals surface area contributed by atoms with E-state index in [1.54, 1.807) is 0 Å². The van der Waals surface area contributed by atoms with E-state index in [1.807, 2.05) is 74.5 Å². The topological polar surface area (TPSA) is 63.4 Å². The Bertz CT molecular complexity index is 1240. The summed E-state index contributed by atoms with van der Waals surface area (Å²) in [5, 5.41) is 20.6. The minimum Gasteiger partial charge on any atom is -0.660 e. The molecule has 183 valence electrons. The summed E-state index contributed by atoms with van der Waals surface area (Å²) in [6, 6.07) is 32.0. The summed E-state index contributed by atoms with van der Waals surface area (Å²) >= 11 is 0. The van der Waals surface area contributed by atoms with Crippen molar-refractivity contribution in [2.75, 3.05) is 6.54 Å². The Morgan fingerprint density at radius 2 is 1.47 bits per heavy atom. The van der Waals surface area contributed by atoms with Crippen LogP contribution in [0.15, 0.2) is 97.1 Å². The number of fused-ring (bicyclic) bond motifs is 1. The zero-order chi connectivity index (χ0) is 24.6. The molecule has 4 nitrogen and oxygen atoms in total. The van der Waals surface area contributed by atoms with Crippen LogP contribution in [0.5, 0.6) is 0 Å². The van der Waals surface area contributed by atoms with Gasteiger partial charge in [0.15, 0.2) is 0 Å². The Balaban J connectivity index is 0.00000361. The van der Waals surface area contributed by atoms with Crippen molar-refractivity contribution in [3.05, 3.63) is 114 Å². The van der Waals surface area contributed by atoms with Gasteiger partial charge < -0.3 is 15.7 Å². The first kappa shape index (κ1) is 28.5. The third-order valence-electron chi connectivity index (χ3n) is 6.25. The number of nitrogens with zero attached hydrogens (tertiary/aromatic N) is 1. The summed E-state index contributed by atoms with van der Waals surface area (Å²) in [7, 11) is 0. The fraction of sp³-hybridized carbons (Fsp3) is 0.258. The van der Waals surface area contributed by atoms with E-state index in [2.05, 4.69) is 47.0 Å². The number of hydrogen-bond acceptors (Lipinski definition) is 2. The van der Waals surface area contributed by atoms with E-state index in [1.165, 1.54) is 0 Å². The SMILES string of the molecule is CC(C)[N-]CCC(O)C(Cc1ccc(-c2ccccc2)cc1)NC(=O)c1cccc2ccccc12.[Ac]. The Morgan fingerprint density at radius 3 is 2.19 bits per heavy atom. The molecular weight excluding hydrogens is 659 g/mol. The second kappa shape index (κ2) is 14.1. The van der Waals surface area contributed by atoms with Gasteiger partial charge in [-0.05, 0) is 46.4 Å². The van der Waals surface area contributed by atoms with Crippen LogP contribution in [0.4, 0.5) is 0 Å². The first-order valence-electron chi connectivity index (χ1n) is 12.3. The fourth-order valence-corrected chi connectivity index (χ4v) is 4.34. The molecule has 0 spiro atoms. The summed E-state index contributed by atoms with van der Waals surface area (Å²) in [5.41, 5.74) is 3.98. The molecule has 0 bridgehead atoms. The molecule has 0 saturated carbocycles. The van der Waals surface area contributed by atoms with Crippen LogP contribution < -0.4 is 5.32 Å². The van der Waals surface area contributed by atoms with Crippen molar-refractivity contribution in [1.29, 1.82) is 0 Å². The van der Waals surface area contributed by atoms with Crippen molar-refractivity contribution >= 4 is 16.7 Å². The van der Waals surface area contributed by atoms with Gasteiger partial charge in [0.1, 0.15) is 0 Å². The molecule has 0 aromatic heterocycles. The number of aliphatic hydroxyl groups is 1. The van der Waals surface area contributed by atoms with E-state index in [4.69, 9.17) is 0 Å².